The van der Waals surface area contributed by atoms with E-state index in [1.54, 1.807) is 19.2 Å². The molecule has 5 N–H and O–H groups in total. The van der Waals surface area contributed by atoms with Gasteiger partial charge in [-0.25, -0.2) is 14.2 Å². The van der Waals surface area contributed by atoms with E-state index in [1.807, 2.05) is 24.3 Å². The second-order valence-electron chi connectivity index (χ2n) is 9.02. The number of carboxylic acid groups (broad SMARTS) is 1. The van der Waals surface area contributed by atoms with Crippen molar-refractivity contribution in [2.24, 2.45) is 5.73 Å². The zero-order valence-electron chi connectivity index (χ0n) is 22.4. The number of nitrogens with zero attached hydrogens (tertiary/aromatic N) is 3. The summed E-state index contributed by atoms with van der Waals surface area (Å²) in [6.45, 7) is 2.07. The Hall–Kier alpha value is -5.20. The van der Waals surface area contributed by atoms with Gasteiger partial charge in [-0.3, -0.25) is 15.2 Å². The molecule has 0 fully saturated rings. The molecule has 1 aliphatic rings. The number of aliphatic carboxylic acids is 1. The fraction of sp³-hybridized carbons (Fsp3) is 0.250. The Bertz CT molecular complexity index is 1600. The maximum Gasteiger partial charge on any atom is 0.349 e. The number of fused-ring (bicyclic) bond motifs is 1. The first-order chi connectivity index (χ1) is 19.7. The van der Waals surface area contributed by atoms with Crippen LogP contribution in [0.2, 0.25) is 0 Å². The average molecular weight is 565 g/mol. The van der Waals surface area contributed by atoms with Crippen LogP contribution in [0.3, 0.4) is 0 Å². The van der Waals surface area contributed by atoms with Crippen molar-refractivity contribution in [1.82, 2.24) is 19.7 Å². The predicted octanol–water partition coefficient (Wildman–Crippen LogP) is 3.01. The van der Waals surface area contributed by atoms with Crippen LogP contribution >= 0.6 is 0 Å². The number of H-pyrrole nitrogens is 1. The number of amidine groups is 1. The molecule has 4 aromatic rings. The molecular weight excluding hydrogens is 535 g/mol. The highest BCUT2D eigenvalue weighted by molar-refractivity contribution is 5.94. The molecule has 0 bridgehead atoms. The van der Waals surface area contributed by atoms with Crippen molar-refractivity contribution < 1.29 is 28.5 Å². The number of nitrogen functional groups attached to an aromatic ring is 1. The fourth-order valence-electron chi connectivity index (χ4n) is 4.22. The Labute approximate surface area is 234 Å². The van der Waals surface area contributed by atoms with Crippen molar-refractivity contribution in [3.8, 4) is 23.1 Å². The quantitative estimate of drug-likeness (QED) is 0.194. The lowest BCUT2D eigenvalue weighted by Gasteiger charge is -2.19. The molecule has 1 atom stereocenters. The second-order valence-corrected chi connectivity index (χ2v) is 9.02. The van der Waals surface area contributed by atoms with Crippen LogP contribution in [-0.4, -0.2) is 57.0 Å². The summed E-state index contributed by atoms with van der Waals surface area (Å²) in [6, 6.07) is 13.6. The van der Waals surface area contributed by atoms with Gasteiger partial charge in [-0.1, -0.05) is 24.3 Å². The van der Waals surface area contributed by atoms with E-state index in [-0.39, 0.29) is 11.7 Å². The van der Waals surface area contributed by atoms with Crippen LogP contribution in [0, 0.1) is 11.2 Å². The number of nitrogens with one attached hydrogen (secondary N) is 2. The van der Waals surface area contributed by atoms with E-state index in [0.29, 0.717) is 48.3 Å². The topological polar surface area (TPSA) is 178 Å². The Kier molecular flexibility index (Phi) is 8.97. The second kappa shape index (κ2) is 12.8. The summed E-state index contributed by atoms with van der Waals surface area (Å²) in [6.07, 6.45) is 2.53. The molecule has 0 saturated carbocycles. The number of ether oxygens (including phenoxy) is 3. The van der Waals surface area contributed by atoms with E-state index in [0.717, 1.165) is 29.2 Å². The van der Waals surface area contributed by atoms with Crippen molar-refractivity contribution in [1.29, 1.82) is 5.41 Å². The van der Waals surface area contributed by atoms with Crippen LogP contribution in [0.1, 0.15) is 41.8 Å². The molecule has 0 spiro atoms. The van der Waals surface area contributed by atoms with Gasteiger partial charge in [-0.15, -0.1) is 5.10 Å². The van der Waals surface area contributed by atoms with Crippen LogP contribution in [0.25, 0.3) is 5.82 Å². The minimum absolute atomic E-state index is 0.0313. The van der Waals surface area contributed by atoms with Gasteiger partial charge in [0.05, 0.1) is 20.3 Å². The van der Waals surface area contributed by atoms with Gasteiger partial charge >= 0.3 is 5.69 Å². The minimum atomic E-state index is -0.833. The first-order valence-corrected chi connectivity index (χ1v) is 12.6. The first-order valence-electron chi connectivity index (χ1n) is 12.6. The van der Waals surface area contributed by atoms with Crippen molar-refractivity contribution in [3.05, 3.63) is 93.5 Å². The molecule has 3 heterocycles. The molecule has 214 valence electrons. The molecule has 0 radical (unpaired) electrons. The molecule has 13 heteroatoms. The number of aromatic amines is 1. The van der Waals surface area contributed by atoms with Gasteiger partial charge in [-0.05, 0) is 41.8 Å². The molecule has 0 amide bonds. The zero-order chi connectivity index (χ0) is 29.5. The number of rotatable bonds is 7. The lowest BCUT2D eigenvalue weighted by Crippen LogP contribution is -2.18. The van der Waals surface area contributed by atoms with Gasteiger partial charge in [0.2, 0.25) is 5.75 Å². The lowest BCUT2D eigenvalue weighted by molar-refractivity contribution is -0.134. The Morgan fingerprint density at radius 1 is 1.24 bits per heavy atom. The number of hydrogen-bond acceptors (Lipinski definition) is 8. The van der Waals surface area contributed by atoms with E-state index in [4.69, 9.17) is 35.3 Å². The third-order valence-electron chi connectivity index (χ3n) is 6.07. The molecule has 2 aromatic carbocycles. The lowest BCUT2D eigenvalue weighted by atomic mass is 9.90. The van der Waals surface area contributed by atoms with Crippen LogP contribution in [0.15, 0.2) is 59.5 Å². The van der Waals surface area contributed by atoms with Crippen molar-refractivity contribution in [3.63, 3.8) is 0 Å². The molecular formula is C28H29FN6O6. The Morgan fingerprint density at radius 3 is 2.61 bits per heavy atom. The summed E-state index contributed by atoms with van der Waals surface area (Å²) in [5, 5.41) is 19.5. The van der Waals surface area contributed by atoms with Crippen molar-refractivity contribution >= 4 is 11.8 Å². The number of pyridine rings is 1. The molecule has 2 aromatic heterocycles. The van der Waals surface area contributed by atoms with Crippen LogP contribution in [-0.2, 0) is 11.2 Å². The van der Waals surface area contributed by atoms with Gasteiger partial charge in [0.1, 0.15) is 11.7 Å². The van der Waals surface area contributed by atoms with Gasteiger partial charge in [0, 0.05) is 31.0 Å². The number of methoxy groups -OCH3 is 1. The van der Waals surface area contributed by atoms with Crippen molar-refractivity contribution in [2.75, 3.05) is 20.3 Å². The van der Waals surface area contributed by atoms with E-state index in [2.05, 4.69) is 15.1 Å². The van der Waals surface area contributed by atoms with Gasteiger partial charge in [0.15, 0.2) is 23.1 Å². The van der Waals surface area contributed by atoms with E-state index in [1.165, 1.54) is 18.3 Å². The first kappa shape index (κ1) is 28.8. The standard InChI is InChI=1S/C26H25FN6O4.C2H4O2/c1-35-20-13-17(14-21-22(20)37-11-3-10-36-21)18(12-15-5-7-16(8-6-15)23(28)29)24-31-26(34)33(32-24)25-19(27)4-2-9-30-25;1-2(3)4/h2,4-9,13-14,18H,3,10-12H2,1H3,(H3,28,29)(H,31,32,34);1H3,(H,3,4). The fourth-order valence-corrected chi connectivity index (χ4v) is 4.22. The predicted molar refractivity (Wildman–Crippen MR) is 147 cm³/mol. The summed E-state index contributed by atoms with van der Waals surface area (Å²) in [5.74, 6) is -0.367. The van der Waals surface area contributed by atoms with E-state index in [9.17, 15) is 9.18 Å². The smallest absolute Gasteiger partial charge is 0.349 e. The molecule has 5 rings (SSSR count). The normalized spacial score (nSPS) is 12.9. The Morgan fingerprint density at radius 2 is 1.95 bits per heavy atom. The third kappa shape index (κ3) is 6.87. The number of carboxylic acids is 1. The van der Waals surface area contributed by atoms with Gasteiger partial charge < -0.3 is 25.1 Å². The summed E-state index contributed by atoms with van der Waals surface area (Å²) in [4.78, 5) is 28.6. The minimum Gasteiger partial charge on any atom is -0.493 e. The highest BCUT2D eigenvalue weighted by atomic mass is 19.1. The maximum atomic E-state index is 14.4. The number of halogens is 1. The molecule has 1 aliphatic heterocycles. The summed E-state index contributed by atoms with van der Waals surface area (Å²) < 4.78 is 32.7. The number of benzene rings is 2. The number of hydrogen-bond donors (Lipinski definition) is 4. The number of nitrogens with two attached hydrogens (primary N) is 1. The van der Waals surface area contributed by atoms with E-state index >= 15 is 0 Å². The van der Waals surface area contributed by atoms with Gasteiger partial charge in [-0.2, -0.15) is 4.68 Å². The third-order valence-corrected chi connectivity index (χ3v) is 6.07. The molecule has 0 saturated heterocycles. The SMILES string of the molecule is CC(=O)O.COc1cc(C(Cc2ccc(C(=N)N)cc2)c2nn(-c3ncccc3F)c(=O)[nH]2)cc2c1OCCCO2. The molecule has 41 heavy (non-hydrogen) atoms. The summed E-state index contributed by atoms with van der Waals surface area (Å²) in [5.41, 5.74) is 7.23. The van der Waals surface area contributed by atoms with Crippen LogP contribution < -0.4 is 25.6 Å². The van der Waals surface area contributed by atoms with Gasteiger partial charge in [0.25, 0.3) is 5.97 Å². The van der Waals surface area contributed by atoms with Crippen LogP contribution in [0.5, 0.6) is 17.2 Å². The average Bonchev–Trinajstić information content (AvgIpc) is 3.16. The summed E-state index contributed by atoms with van der Waals surface area (Å²) >= 11 is 0. The monoisotopic (exact) mass is 564 g/mol. The summed E-state index contributed by atoms with van der Waals surface area (Å²) in [7, 11) is 1.55. The maximum absolute atomic E-state index is 14.4. The van der Waals surface area contributed by atoms with Crippen molar-refractivity contribution in [2.45, 2.75) is 25.7 Å². The highest BCUT2D eigenvalue weighted by Gasteiger charge is 2.26. The number of carbonyl (C=O) groups is 1. The zero-order valence-corrected chi connectivity index (χ0v) is 22.4. The highest BCUT2D eigenvalue weighted by Crippen LogP contribution is 2.43. The number of aromatic nitrogens is 4. The van der Waals surface area contributed by atoms with E-state index < -0.39 is 23.4 Å². The molecule has 12 nitrogen and oxygen atoms in total. The Balaban J connectivity index is 0.000000909. The molecule has 1 unspecified atom stereocenters. The van der Waals surface area contributed by atoms with Crippen LogP contribution in [0.4, 0.5) is 4.39 Å². The molecule has 0 aliphatic carbocycles. The largest absolute Gasteiger partial charge is 0.493 e.